The van der Waals surface area contributed by atoms with Crippen LogP contribution < -0.4 is 4.90 Å². The lowest BCUT2D eigenvalue weighted by Gasteiger charge is -2.25. The minimum Gasteiger partial charge on any atom is -0.506 e. The largest absolute Gasteiger partial charge is 0.506 e. The number of esters is 2. The summed E-state index contributed by atoms with van der Waals surface area (Å²) in [6.07, 6.45) is 5.46. The number of hydrogen-bond donors (Lipinski definition) is 1. The summed E-state index contributed by atoms with van der Waals surface area (Å²) in [6.45, 7) is 0. The number of carbonyl (C=O) groups excluding carboxylic acids is 2. The molecular weight excluding hydrogens is 354 g/mol. The number of rotatable bonds is 6. The topological polar surface area (TPSA) is 94.5 Å². The number of nitrogens with zero attached hydrogens (tertiary/aromatic N) is 1. The molecule has 0 fully saturated rings. The molecule has 0 bridgehead atoms. The number of anilines is 1. The van der Waals surface area contributed by atoms with Crippen molar-refractivity contribution in [2.45, 2.75) is 6.29 Å². The van der Waals surface area contributed by atoms with Gasteiger partial charge in [0.15, 0.2) is 6.29 Å². The molecule has 1 heterocycles. The van der Waals surface area contributed by atoms with Gasteiger partial charge >= 0.3 is 11.9 Å². The summed E-state index contributed by atoms with van der Waals surface area (Å²) in [4.78, 5) is 26.0. The van der Waals surface area contributed by atoms with Crippen LogP contribution in [0.25, 0.3) is 0 Å². The number of allylic oxidation sites excluding steroid dienone is 2. The van der Waals surface area contributed by atoms with Crippen molar-refractivity contribution in [1.29, 1.82) is 0 Å². The molecule has 2 rings (SSSR count). The number of hydrogen-bond acceptors (Lipinski definition) is 8. The zero-order valence-electron chi connectivity index (χ0n) is 15.5. The maximum Gasteiger partial charge on any atom is 0.355 e. The average molecular weight is 375 g/mol. The van der Waals surface area contributed by atoms with Gasteiger partial charge in [-0.15, -0.1) is 0 Å². The van der Waals surface area contributed by atoms with E-state index in [-0.39, 0.29) is 22.7 Å². The van der Waals surface area contributed by atoms with Crippen molar-refractivity contribution in [1.82, 2.24) is 0 Å². The van der Waals surface area contributed by atoms with Gasteiger partial charge in [-0.05, 0) is 24.3 Å². The molecule has 0 unspecified atom stereocenters. The van der Waals surface area contributed by atoms with Gasteiger partial charge < -0.3 is 29.0 Å². The highest BCUT2D eigenvalue weighted by Crippen LogP contribution is 2.36. The lowest BCUT2D eigenvalue weighted by Crippen LogP contribution is -2.27. The third kappa shape index (κ3) is 4.18. The summed E-state index contributed by atoms with van der Waals surface area (Å²) < 4.78 is 20.1. The lowest BCUT2D eigenvalue weighted by atomic mass is 10.1. The van der Waals surface area contributed by atoms with Crippen LogP contribution in [0.4, 0.5) is 5.69 Å². The summed E-state index contributed by atoms with van der Waals surface area (Å²) in [6, 6.07) is 4.65. The zero-order valence-corrected chi connectivity index (χ0v) is 15.5. The van der Waals surface area contributed by atoms with Gasteiger partial charge in [-0.3, -0.25) is 0 Å². The molecule has 27 heavy (non-hydrogen) atoms. The van der Waals surface area contributed by atoms with E-state index >= 15 is 0 Å². The van der Waals surface area contributed by atoms with Crippen molar-refractivity contribution in [3.8, 4) is 5.75 Å². The molecule has 0 saturated heterocycles. The maximum absolute atomic E-state index is 12.4. The molecule has 0 amide bonds. The van der Waals surface area contributed by atoms with E-state index < -0.39 is 18.2 Å². The molecule has 1 N–H and O–H groups in total. The Morgan fingerprint density at radius 1 is 1.00 bits per heavy atom. The molecule has 1 aliphatic rings. The second-order valence-corrected chi connectivity index (χ2v) is 5.37. The summed E-state index contributed by atoms with van der Waals surface area (Å²) in [7, 11) is 5.36. The van der Waals surface area contributed by atoms with Crippen LogP contribution in [-0.2, 0) is 28.5 Å². The van der Waals surface area contributed by atoms with E-state index in [0.29, 0.717) is 5.56 Å². The highest BCUT2D eigenvalue weighted by Gasteiger charge is 2.29. The number of phenols is 1. The molecular formula is C19H21NO7. The Bertz CT molecular complexity index is 806. The Hall–Kier alpha value is -3.10. The first-order valence-electron chi connectivity index (χ1n) is 7.92. The zero-order chi connectivity index (χ0) is 20.0. The first-order valence-corrected chi connectivity index (χ1v) is 7.92. The summed E-state index contributed by atoms with van der Waals surface area (Å²) in [5.41, 5.74) is 0.706. The minimum atomic E-state index is -0.772. The smallest absolute Gasteiger partial charge is 0.355 e. The van der Waals surface area contributed by atoms with Gasteiger partial charge in [0.25, 0.3) is 0 Å². The SMILES string of the molecule is COC(=O)C1=C(C(=O)OC)N(c2cc(C(OC)OC)ccc2O)C=CC=C1. The van der Waals surface area contributed by atoms with Crippen molar-refractivity contribution in [3.63, 3.8) is 0 Å². The second-order valence-electron chi connectivity index (χ2n) is 5.37. The van der Waals surface area contributed by atoms with Crippen LogP contribution >= 0.6 is 0 Å². The van der Waals surface area contributed by atoms with Gasteiger partial charge in [0.2, 0.25) is 0 Å². The molecule has 8 heteroatoms. The van der Waals surface area contributed by atoms with Crippen LogP contribution in [0.1, 0.15) is 11.9 Å². The normalized spacial score (nSPS) is 13.7. The van der Waals surface area contributed by atoms with Crippen LogP contribution in [0.2, 0.25) is 0 Å². The van der Waals surface area contributed by atoms with Gasteiger partial charge in [-0.1, -0.05) is 12.1 Å². The van der Waals surface area contributed by atoms with Gasteiger partial charge in [0.1, 0.15) is 11.4 Å². The van der Waals surface area contributed by atoms with Gasteiger partial charge in [-0.25, -0.2) is 9.59 Å². The highest BCUT2D eigenvalue weighted by molar-refractivity contribution is 6.05. The number of methoxy groups -OCH3 is 4. The number of ether oxygens (including phenoxy) is 4. The van der Waals surface area contributed by atoms with E-state index in [2.05, 4.69) is 0 Å². The maximum atomic E-state index is 12.4. The summed E-state index contributed by atoms with van der Waals surface area (Å²) in [5, 5.41) is 10.4. The third-order valence-electron chi connectivity index (χ3n) is 3.85. The number of benzene rings is 1. The Kier molecular flexibility index (Phi) is 6.75. The van der Waals surface area contributed by atoms with E-state index in [1.807, 2.05) is 0 Å². The monoisotopic (exact) mass is 375 g/mol. The van der Waals surface area contributed by atoms with Crippen molar-refractivity contribution in [2.24, 2.45) is 0 Å². The number of aromatic hydroxyl groups is 1. The molecule has 0 radical (unpaired) electrons. The van der Waals surface area contributed by atoms with E-state index in [0.717, 1.165) is 0 Å². The fraction of sp³-hybridized carbons (Fsp3) is 0.263. The molecule has 8 nitrogen and oxygen atoms in total. The van der Waals surface area contributed by atoms with E-state index in [1.54, 1.807) is 24.3 Å². The second kappa shape index (κ2) is 9.02. The fourth-order valence-corrected chi connectivity index (χ4v) is 2.60. The first kappa shape index (κ1) is 20.2. The Morgan fingerprint density at radius 3 is 2.26 bits per heavy atom. The van der Waals surface area contributed by atoms with Crippen LogP contribution in [0, 0.1) is 0 Å². The van der Waals surface area contributed by atoms with Crippen molar-refractivity contribution >= 4 is 17.6 Å². The van der Waals surface area contributed by atoms with E-state index in [4.69, 9.17) is 18.9 Å². The third-order valence-corrected chi connectivity index (χ3v) is 3.85. The first-order chi connectivity index (χ1) is 13.0. The van der Waals surface area contributed by atoms with Crippen LogP contribution in [-0.4, -0.2) is 45.5 Å². The molecule has 1 aromatic rings. The van der Waals surface area contributed by atoms with E-state index in [9.17, 15) is 14.7 Å². The molecule has 1 aliphatic heterocycles. The van der Waals surface area contributed by atoms with Crippen LogP contribution in [0.5, 0.6) is 5.75 Å². The molecule has 0 saturated carbocycles. The minimum absolute atomic E-state index is 0.0193. The molecule has 144 valence electrons. The van der Waals surface area contributed by atoms with Gasteiger partial charge in [-0.2, -0.15) is 0 Å². The van der Waals surface area contributed by atoms with Crippen molar-refractivity contribution in [2.75, 3.05) is 33.3 Å². The molecule has 1 aromatic carbocycles. The Morgan fingerprint density at radius 2 is 1.67 bits per heavy atom. The summed E-state index contributed by atoms with van der Waals surface area (Å²) in [5.74, 6) is -1.61. The van der Waals surface area contributed by atoms with Gasteiger partial charge in [0, 0.05) is 26.0 Å². The Labute approximate surface area is 156 Å². The Balaban J connectivity index is 2.68. The highest BCUT2D eigenvalue weighted by atomic mass is 16.7. The predicted octanol–water partition coefficient (Wildman–Crippen LogP) is 2.17. The summed E-state index contributed by atoms with van der Waals surface area (Å²) >= 11 is 0. The fourth-order valence-electron chi connectivity index (χ4n) is 2.60. The van der Waals surface area contributed by atoms with Crippen molar-refractivity contribution < 1.29 is 33.6 Å². The predicted molar refractivity (Wildman–Crippen MR) is 96.7 cm³/mol. The van der Waals surface area contributed by atoms with Crippen LogP contribution in [0.15, 0.2) is 53.9 Å². The molecule has 0 aromatic heterocycles. The molecule has 0 spiro atoms. The lowest BCUT2D eigenvalue weighted by molar-refractivity contribution is -0.139. The van der Waals surface area contributed by atoms with Crippen LogP contribution in [0.3, 0.4) is 0 Å². The standard InChI is InChI=1S/C19H21NO7/c1-24-17(22)13-7-5-6-10-20(16(13)18(23)25-2)14-11-12(8-9-15(14)21)19(26-3)27-4/h5-11,19,21H,1-4H3. The number of carbonyl (C=O) groups is 2. The van der Waals surface area contributed by atoms with Crippen molar-refractivity contribution in [3.05, 3.63) is 59.5 Å². The quantitative estimate of drug-likeness (QED) is 0.597. The average Bonchev–Trinajstić information content (AvgIpc) is 2.91. The number of phenolic OH excluding ortho intramolecular Hbond substituents is 1. The molecule has 0 atom stereocenters. The molecule has 0 aliphatic carbocycles. The van der Waals surface area contributed by atoms with E-state index in [1.165, 1.54) is 51.7 Å². The van der Waals surface area contributed by atoms with Gasteiger partial charge in [0.05, 0.1) is 25.5 Å².